The number of carbonyl (C=O) groups is 1. The topological polar surface area (TPSA) is 35.5 Å². The van der Waals surface area contributed by atoms with Gasteiger partial charge in [0.15, 0.2) is 0 Å². The number of methoxy groups -OCH3 is 2. The Hall–Kier alpha value is -1.97. The Morgan fingerprint density at radius 3 is 1.54 bits per heavy atom. The van der Waals surface area contributed by atoms with Gasteiger partial charge in [-0.3, -0.25) is 4.79 Å². The molecule has 0 aliphatic rings. The van der Waals surface area contributed by atoms with E-state index in [-0.39, 0.29) is 17.6 Å². The van der Waals surface area contributed by atoms with Crippen LogP contribution in [0.1, 0.15) is 47.9 Å². The lowest BCUT2D eigenvalue weighted by Crippen LogP contribution is -2.19. The van der Waals surface area contributed by atoms with Gasteiger partial charge in [0.25, 0.3) is 0 Å². The Morgan fingerprint density at radius 2 is 1.17 bits per heavy atom. The number of benzene rings is 2. The van der Waals surface area contributed by atoms with Crippen molar-refractivity contribution in [2.24, 2.45) is 0 Å². The van der Waals surface area contributed by atoms with E-state index in [9.17, 15) is 4.79 Å². The van der Waals surface area contributed by atoms with Crippen molar-refractivity contribution in [1.82, 2.24) is 0 Å². The van der Waals surface area contributed by atoms with Gasteiger partial charge >= 0.3 is 0 Å². The Morgan fingerprint density at radius 1 is 0.792 bits per heavy atom. The number of Topliss-reactive ketones (excluding diaryl/α,β-unsaturated/α-hetero) is 1. The van der Waals surface area contributed by atoms with E-state index in [4.69, 9.17) is 9.47 Å². The van der Waals surface area contributed by atoms with Crippen molar-refractivity contribution < 1.29 is 14.3 Å². The van der Waals surface area contributed by atoms with E-state index in [1.807, 2.05) is 62.4 Å². The van der Waals surface area contributed by atoms with Gasteiger partial charge in [-0.1, -0.05) is 62.4 Å². The van der Waals surface area contributed by atoms with E-state index >= 15 is 0 Å². The molecule has 2 aromatic carbocycles. The van der Waals surface area contributed by atoms with Crippen LogP contribution < -0.4 is 0 Å². The first-order valence-corrected chi connectivity index (χ1v) is 8.27. The van der Waals surface area contributed by atoms with Gasteiger partial charge < -0.3 is 9.47 Å². The molecule has 2 atom stereocenters. The van der Waals surface area contributed by atoms with E-state index in [2.05, 4.69) is 0 Å². The minimum absolute atomic E-state index is 0.179. The molecule has 0 aliphatic heterocycles. The number of hydrogen-bond acceptors (Lipinski definition) is 3. The zero-order valence-electron chi connectivity index (χ0n) is 14.9. The highest BCUT2D eigenvalue weighted by Gasteiger charge is 2.25. The second kappa shape index (κ2) is 8.76. The van der Waals surface area contributed by atoms with E-state index < -0.39 is 0 Å². The second-order valence-electron chi connectivity index (χ2n) is 6.11. The minimum atomic E-state index is -0.179. The molecule has 0 saturated carbocycles. The van der Waals surface area contributed by atoms with Crippen molar-refractivity contribution in [1.29, 1.82) is 0 Å². The molecule has 0 aliphatic carbocycles. The number of carbonyl (C=O) groups excluding carboxylic acids is 1. The molecule has 0 N–H and O–H groups in total. The maximum Gasteiger partial charge on any atom is 0.147 e. The average molecular weight is 326 g/mol. The van der Waals surface area contributed by atoms with Gasteiger partial charge in [-0.2, -0.15) is 0 Å². The summed E-state index contributed by atoms with van der Waals surface area (Å²) in [4.78, 5) is 13.1. The van der Waals surface area contributed by atoms with Gasteiger partial charge in [-0.15, -0.1) is 0 Å². The first kappa shape index (κ1) is 18.4. The van der Waals surface area contributed by atoms with Crippen LogP contribution in [-0.4, -0.2) is 20.0 Å². The van der Waals surface area contributed by atoms with Crippen LogP contribution in [0.4, 0.5) is 0 Å². The van der Waals surface area contributed by atoms with Crippen molar-refractivity contribution in [3.63, 3.8) is 0 Å². The lowest BCUT2D eigenvalue weighted by Gasteiger charge is -2.21. The molecule has 0 fully saturated rings. The van der Waals surface area contributed by atoms with Gasteiger partial charge in [0.1, 0.15) is 5.78 Å². The molecule has 2 unspecified atom stereocenters. The molecule has 0 bridgehead atoms. The molecule has 24 heavy (non-hydrogen) atoms. The summed E-state index contributed by atoms with van der Waals surface area (Å²) in [6.07, 6.45) is 0. The Kier molecular flexibility index (Phi) is 6.71. The summed E-state index contributed by atoms with van der Waals surface area (Å²) in [5.41, 5.74) is 4.22. The molecule has 3 heteroatoms. The van der Waals surface area contributed by atoms with Crippen molar-refractivity contribution >= 4 is 5.78 Å². The van der Waals surface area contributed by atoms with Gasteiger partial charge in [0.2, 0.25) is 0 Å². The van der Waals surface area contributed by atoms with Crippen molar-refractivity contribution in [2.45, 2.75) is 38.9 Å². The smallest absolute Gasteiger partial charge is 0.147 e. The van der Waals surface area contributed by atoms with E-state index in [1.54, 1.807) is 14.2 Å². The second-order valence-corrected chi connectivity index (χ2v) is 6.11. The number of hydrogen-bond donors (Lipinski definition) is 0. The van der Waals surface area contributed by atoms with E-state index in [0.29, 0.717) is 13.2 Å². The largest absolute Gasteiger partial charge is 0.380 e. The SMILES string of the molecule is COCc1ccccc1C(C)C(=O)C(C)c1ccccc1COC. The van der Waals surface area contributed by atoms with E-state index in [0.717, 1.165) is 22.3 Å². The van der Waals surface area contributed by atoms with Gasteiger partial charge in [-0.25, -0.2) is 0 Å². The molecule has 0 spiro atoms. The number of ether oxygens (including phenoxy) is 2. The minimum Gasteiger partial charge on any atom is -0.380 e. The molecule has 3 nitrogen and oxygen atoms in total. The summed E-state index contributed by atoms with van der Waals surface area (Å²) in [6, 6.07) is 16.0. The monoisotopic (exact) mass is 326 g/mol. The lowest BCUT2D eigenvalue weighted by atomic mass is 9.83. The highest BCUT2D eigenvalue weighted by atomic mass is 16.5. The highest BCUT2D eigenvalue weighted by molar-refractivity contribution is 5.91. The van der Waals surface area contributed by atoms with Crippen LogP contribution in [0, 0.1) is 0 Å². The molecule has 0 aromatic heterocycles. The molecule has 0 amide bonds. The van der Waals surface area contributed by atoms with Crippen LogP contribution in [0.3, 0.4) is 0 Å². The van der Waals surface area contributed by atoms with Crippen molar-refractivity contribution in [3.05, 3.63) is 70.8 Å². The molecular formula is C21H26O3. The fourth-order valence-electron chi connectivity index (χ4n) is 3.17. The first-order chi connectivity index (χ1) is 11.6. The summed E-state index contributed by atoms with van der Waals surface area (Å²) in [5, 5.41) is 0. The Bertz CT molecular complexity index is 621. The van der Waals surface area contributed by atoms with Gasteiger partial charge in [0.05, 0.1) is 13.2 Å². The molecule has 0 heterocycles. The van der Waals surface area contributed by atoms with Crippen LogP contribution in [0.15, 0.2) is 48.5 Å². The summed E-state index contributed by atoms with van der Waals surface area (Å²) < 4.78 is 10.5. The third-order valence-corrected chi connectivity index (χ3v) is 4.50. The zero-order valence-corrected chi connectivity index (χ0v) is 14.9. The predicted molar refractivity (Wildman–Crippen MR) is 96.1 cm³/mol. The van der Waals surface area contributed by atoms with E-state index in [1.165, 1.54) is 0 Å². The molecular weight excluding hydrogens is 300 g/mol. The van der Waals surface area contributed by atoms with Crippen LogP contribution >= 0.6 is 0 Å². The predicted octanol–water partition coefficient (Wildman–Crippen LogP) is 4.46. The van der Waals surface area contributed by atoms with Crippen LogP contribution in [0.5, 0.6) is 0 Å². The number of rotatable bonds is 8. The first-order valence-electron chi connectivity index (χ1n) is 8.27. The highest BCUT2D eigenvalue weighted by Crippen LogP contribution is 2.30. The standard InChI is InChI=1S/C21H26O3/c1-15(19-11-7-5-9-17(19)13-23-3)21(22)16(2)20-12-8-6-10-18(20)14-24-4/h5-12,15-16H,13-14H2,1-4H3. The fourth-order valence-corrected chi connectivity index (χ4v) is 3.17. The zero-order chi connectivity index (χ0) is 17.5. The fraction of sp³-hybridized carbons (Fsp3) is 0.381. The summed E-state index contributed by atoms with van der Waals surface area (Å²) in [5.74, 6) is -0.147. The molecule has 0 saturated heterocycles. The molecule has 2 aromatic rings. The maximum atomic E-state index is 13.1. The Balaban J connectivity index is 2.28. The summed E-state index contributed by atoms with van der Waals surface area (Å²) in [7, 11) is 3.35. The molecule has 2 rings (SSSR count). The molecule has 0 radical (unpaired) electrons. The number of ketones is 1. The Labute approximate surface area is 144 Å². The lowest BCUT2D eigenvalue weighted by molar-refractivity contribution is -0.121. The normalized spacial score (nSPS) is 13.5. The van der Waals surface area contributed by atoms with Crippen LogP contribution in [-0.2, 0) is 27.5 Å². The van der Waals surface area contributed by atoms with Crippen molar-refractivity contribution in [3.8, 4) is 0 Å². The van der Waals surface area contributed by atoms with Crippen LogP contribution in [0.25, 0.3) is 0 Å². The maximum absolute atomic E-state index is 13.1. The third kappa shape index (κ3) is 4.11. The van der Waals surface area contributed by atoms with Gasteiger partial charge in [0, 0.05) is 26.1 Å². The quantitative estimate of drug-likeness (QED) is 0.718. The van der Waals surface area contributed by atoms with Crippen LogP contribution in [0.2, 0.25) is 0 Å². The summed E-state index contributed by atoms with van der Waals surface area (Å²) in [6.45, 7) is 4.99. The average Bonchev–Trinajstić information content (AvgIpc) is 2.61. The van der Waals surface area contributed by atoms with Crippen molar-refractivity contribution in [2.75, 3.05) is 14.2 Å². The third-order valence-electron chi connectivity index (χ3n) is 4.50. The summed E-state index contributed by atoms with van der Waals surface area (Å²) >= 11 is 0. The van der Waals surface area contributed by atoms with Gasteiger partial charge in [-0.05, 0) is 22.3 Å². The molecule has 128 valence electrons.